The first kappa shape index (κ1) is 17.9. The predicted octanol–water partition coefficient (Wildman–Crippen LogP) is 2.60. The molecule has 0 aliphatic rings. The summed E-state index contributed by atoms with van der Waals surface area (Å²) in [6, 6.07) is 0. The van der Waals surface area contributed by atoms with Gasteiger partial charge in [0.25, 0.3) is 0 Å². The number of ether oxygens (including phenoxy) is 1. The summed E-state index contributed by atoms with van der Waals surface area (Å²) in [7, 11) is 1.77. The molecule has 0 rings (SSSR count). The maximum absolute atomic E-state index is 5.87. The normalized spacial score (nSPS) is 13.8. The van der Waals surface area contributed by atoms with E-state index in [1.165, 1.54) is 12.8 Å². The molecular weight excluding hydrogens is 224 g/mol. The Morgan fingerprint density at radius 3 is 2.17 bits per heavy atom. The zero-order valence-corrected chi connectivity index (χ0v) is 13.1. The van der Waals surface area contributed by atoms with Gasteiger partial charge in [-0.3, -0.25) is 0 Å². The van der Waals surface area contributed by atoms with Crippen molar-refractivity contribution in [3.63, 3.8) is 0 Å². The highest BCUT2D eigenvalue weighted by Gasteiger charge is 2.13. The first-order chi connectivity index (χ1) is 8.49. The summed E-state index contributed by atoms with van der Waals surface area (Å²) in [6.45, 7) is 14.1. The van der Waals surface area contributed by atoms with E-state index >= 15 is 0 Å². The van der Waals surface area contributed by atoms with Gasteiger partial charge < -0.3 is 15.4 Å². The Balaban J connectivity index is 4.04. The highest BCUT2D eigenvalue weighted by atomic mass is 16.5. The lowest BCUT2D eigenvalue weighted by Crippen LogP contribution is -2.34. The summed E-state index contributed by atoms with van der Waals surface area (Å²) in [6.07, 6.45) is 2.46. The van der Waals surface area contributed by atoms with Crippen molar-refractivity contribution in [2.75, 3.05) is 39.9 Å². The molecule has 110 valence electrons. The highest BCUT2D eigenvalue weighted by Crippen LogP contribution is 2.15. The lowest BCUT2D eigenvalue weighted by atomic mass is 9.94. The van der Waals surface area contributed by atoms with E-state index in [1.807, 2.05) is 0 Å². The molecule has 2 N–H and O–H groups in total. The molecule has 0 radical (unpaired) electrons. The molecule has 0 aliphatic carbocycles. The Bertz CT molecular complexity index is 183. The molecule has 0 bridgehead atoms. The smallest absolute Gasteiger partial charge is 0.0589 e. The average Bonchev–Trinajstić information content (AvgIpc) is 2.29. The second kappa shape index (κ2) is 10.8. The van der Waals surface area contributed by atoms with Crippen LogP contribution in [0.3, 0.4) is 0 Å². The van der Waals surface area contributed by atoms with Crippen LogP contribution in [0.4, 0.5) is 0 Å². The molecule has 18 heavy (non-hydrogen) atoms. The second-order valence-electron chi connectivity index (χ2n) is 6.21. The Hall–Kier alpha value is -0.120. The average molecular weight is 258 g/mol. The van der Waals surface area contributed by atoms with E-state index in [2.05, 4.69) is 32.6 Å². The van der Waals surface area contributed by atoms with Crippen LogP contribution in [0.5, 0.6) is 0 Å². The summed E-state index contributed by atoms with van der Waals surface area (Å²) in [4.78, 5) is 2.51. The molecule has 0 aliphatic heterocycles. The second-order valence-corrected chi connectivity index (χ2v) is 6.21. The van der Waals surface area contributed by atoms with Crippen LogP contribution in [-0.4, -0.2) is 44.8 Å². The Morgan fingerprint density at radius 1 is 1.06 bits per heavy atom. The Labute approximate surface area is 114 Å². The zero-order chi connectivity index (χ0) is 14.0. The number of methoxy groups -OCH3 is 1. The van der Waals surface area contributed by atoms with Gasteiger partial charge in [0, 0.05) is 20.2 Å². The summed E-state index contributed by atoms with van der Waals surface area (Å²) in [5.41, 5.74) is 5.87. The van der Waals surface area contributed by atoms with Crippen LogP contribution < -0.4 is 5.73 Å². The molecule has 1 atom stereocenters. The minimum Gasteiger partial charge on any atom is -0.383 e. The minimum atomic E-state index is 0.669. The van der Waals surface area contributed by atoms with Crippen molar-refractivity contribution in [3.05, 3.63) is 0 Å². The minimum absolute atomic E-state index is 0.669. The van der Waals surface area contributed by atoms with Crippen molar-refractivity contribution < 1.29 is 4.74 Å². The van der Waals surface area contributed by atoms with Crippen molar-refractivity contribution in [3.8, 4) is 0 Å². The van der Waals surface area contributed by atoms with Gasteiger partial charge in [-0.25, -0.2) is 0 Å². The molecule has 3 nitrogen and oxygen atoms in total. The quantitative estimate of drug-likeness (QED) is 0.619. The van der Waals surface area contributed by atoms with Gasteiger partial charge in [0.05, 0.1) is 6.61 Å². The third kappa shape index (κ3) is 9.86. The lowest BCUT2D eigenvalue weighted by molar-refractivity contribution is 0.134. The van der Waals surface area contributed by atoms with Crippen LogP contribution in [-0.2, 0) is 4.74 Å². The van der Waals surface area contributed by atoms with Gasteiger partial charge in [-0.15, -0.1) is 0 Å². The van der Waals surface area contributed by atoms with Crippen LogP contribution in [0.2, 0.25) is 0 Å². The molecule has 0 saturated heterocycles. The van der Waals surface area contributed by atoms with Crippen molar-refractivity contribution in [1.82, 2.24) is 4.90 Å². The predicted molar refractivity (Wildman–Crippen MR) is 79.8 cm³/mol. The summed E-state index contributed by atoms with van der Waals surface area (Å²) >= 11 is 0. The van der Waals surface area contributed by atoms with E-state index in [0.717, 1.165) is 38.7 Å². The molecule has 0 heterocycles. The molecule has 0 amide bonds. The number of rotatable bonds is 11. The van der Waals surface area contributed by atoms with Gasteiger partial charge >= 0.3 is 0 Å². The Morgan fingerprint density at radius 2 is 1.72 bits per heavy atom. The monoisotopic (exact) mass is 258 g/mol. The van der Waals surface area contributed by atoms with E-state index in [0.29, 0.717) is 11.8 Å². The Kier molecular flexibility index (Phi) is 10.7. The molecule has 0 fully saturated rings. The fourth-order valence-corrected chi connectivity index (χ4v) is 2.39. The zero-order valence-electron chi connectivity index (χ0n) is 13.1. The van der Waals surface area contributed by atoms with Crippen LogP contribution in [0, 0.1) is 17.8 Å². The molecule has 0 spiro atoms. The maximum Gasteiger partial charge on any atom is 0.0589 e. The largest absolute Gasteiger partial charge is 0.383 e. The van der Waals surface area contributed by atoms with Gasteiger partial charge in [0.15, 0.2) is 0 Å². The van der Waals surface area contributed by atoms with Gasteiger partial charge in [0.1, 0.15) is 0 Å². The van der Waals surface area contributed by atoms with E-state index in [9.17, 15) is 0 Å². The summed E-state index contributed by atoms with van der Waals surface area (Å²) < 4.78 is 5.19. The van der Waals surface area contributed by atoms with Gasteiger partial charge in [0.2, 0.25) is 0 Å². The third-order valence-corrected chi connectivity index (χ3v) is 3.23. The molecular formula is C15H34N2O. The van der Waals surface area contributed by atoms with E-state index in [-0.39, 0.29) is 0 Å². The molecule has 1 unspecified atom stereocenters. The number of nitrogens with two attached hydrogens (primary N) is 1. The lowest BCUT2D eigenvalue weighted by Gasteiger charge is -2.26. The summed E-state index contributed by atoms with van der Waals surface area (Å²) in [5, 5.41) is 0. The first-order valence-corrected chi connectivity index (χ1v) is 7.40. The number of hydrogen-bond acceptors (Lipinski definition) is 3. The summed E-state index contributed by atoms with van der Waals surface area (Å²) in [5.74, 6) is 2.13. The van der Waals surface area contributed by atoms with Gasteiger partial charge in [-0.05, 0) is 43.7 Å². The fraction of sp³-hybridized carbons (Fsp3) is 1.00. The van der Waals surface area contributed by atoms with Crippen LogP contribution >= 0.6 is 0 Å². The van der Waals surface area contributed by atoms with Crippen molar-refractivity contribution in [2.45, 2.75) is 40.5 Å². The highest BCUT2D eigenvalue weighted by molar-refractivity contribution is 4.67. The number of nitrogens with zero attached hydrogens (tertiary/aromatic N) is 1. The van der Waals surface area contributed by atoms with Crippen LogP contribution in [0.25, 0.3) is 0 Å². The van der Waals surface area contributed by atoms with E-state index < -0.39 is 0 Å². The topological polar surface area (TPSA) is 38.5 Å². The van der Waals surface area contributed by atoms with Crippen molar-refractivity contribution in [1.29, 1.82) is 0 Å². The number of hydrogen-bond donors (Lipinski definition) is 1. The molecule has 0 saturated carbocycles. The standard InChI is InChI=1S/C15H34N2O/c1-13(2)10-15(11-16)6-7-17(8-9-18-5)12-14(3)4/h13-15H,6-12,16H2,1-5H3. The first-order valence-electron chi connectivity index (χ1n) is 7.40. The van der Waals surface area contributed by atoms with Gasteiger partial charge in [-0.2, -0.15) is 0 Å². The third-order valence-electron chi connectivity index (χ3n) is 3.23. The van der Waals surface area contributed by atoms with Gasteiger partial charge in [-0.1, -0.05) is 27.7 Å². The molecule has 0 aromatic carbocycles. The van der Waals surface area contributed by atoms with Crippen LogP contribution in [0.1, 0.15) is 40.5 Å². The SMILES string of the molecule is COCCN(CCC(CN)CC(C)C)CC(C)C. The van der Waals surface area contributed by atoms with Crippen LogP contribution in [0.15, 0.2) is 0 Å². The molecule has 0 aromatic rings. The fourth-order valence-electron chi connectivity index (χ4n) is 2.39. The molecule has 0 aromatic heterocycles. The van der Waals surface area contributed by atoms with E-state index in [1.54, 1.807) is 7.11 Å². The van der Waals surface area contributed by atoms with Crippen molar-refractivity contribution >= 4 is 0 Å². The molecule has 3 heteroatoms. The van der Waals surface area contributed by atoms with E-state index in [4.69, 9.17) is 10.5 Å². The van der Waals surface area contributed by atoms with Crippen molar-refractivity contribution in [2.24, 2.45) is 23.5 Å². The maximum atomic E-state index is 5.87.